The Labute approximate surface area is 177 Å². The van der Waals surface area contributed by atoms with Crippen LogP contribution >= 0.6 is 0 Å². The van der Waals surface area contributed by atoms with Crippen molar-refractivity contribution < 1.29 is 14.3 Å². The van der Waals surface area contributed by atoms with E-state index in [2.05, 4.69) is 22.0 Å². The second kappa shape index (κ2) is 9.24. The molecule has 0 bridgehead atoms. The van der Waals surface area contributed by atoms with E-state index in [1.165, 1.54) is 0 Å². The van der Waals surface area contributed by atoms with Crippen molar-refractivity contribution in [2.24, 2.45) is 5.92 Å². The number of carbonyl (C=O) groups excluding carboxylic acids is 1. The van der Waals surface area contributed by atoms with E-state index in [1.54, 1.807) is 24.1 Å². The van der Waals surface area contributed by atoms with Gasteiger partial charge in [-0.1, -0.05) is 6.07 Å². The van der Waals surface area contributed by atoms with Crippen LogP contribution < -0.4 is 0 Å². The van der Waals surface area contributed by atoms with Crippen molar-refractivity contribution in [2.75, 3.05) is 47.0 Å². The summed E-state index contributed by atoms with van der Waals surface area (Å²) in [6.07, 6.45) is 5.81. The largest absolute Gasteiger partial charge is 0.383 e. The number of aromatic nitrogens is 3. The van der Waals surface area contributed by atoms with Gasteiger partial charge in [0, 0.05) is 32.6 Å². The minimum atomic E-state index is 0.0127. The van der Waals surface area contributed by atoms with E-state index < -0.39 is 0 Å². The third-order valence-corrected chi connectivity index (χ3v) is 6.32. The zero-order valence-corrected chi connectivity index (χ0v) is 17.9. The van der Waals surface area contributed by atoms with Gasteiger partial charge in [-0.05, 0) is 50.6 Å². The van der Waals surface area contributed by atoms with E-state index in [9.17, 15) is 4.79 Å². The van der Waals surface area contributed by atoms with Crippen molar-refractivity contribution in [3.05, 3.63) is 48.0 Å². The van der Waals surface area contributed by atoms with Crippen molar-refractivity contribution in [2.45, 2.75) is 31.5 Å². The summed E-state index contributed by atoms with van der Waals surface area (Å²) in [5.41, 5.74) is 1.53. The topological polar surface area (TPSA) is 72.7 Å². The highest BCUT2D eigenvalue weighted by molar-refractivity contribution is 5.93. The summed E-state index contributed by atoms with van der Waals surface area (Å²) in [5, 5.41) is 4.39. The highest BCUT2D eigenvalue weighted by Gasteiger charge is 2.51. The molecule has 4 rings (SSSR count). The number of likely N-dealkylation sites (N-methyl/N-ethyl adjacent to an activating group) is 1. The van der Waals surface area contributed by atoms with Crippen molar-refractivity contribution in [1.29, 1.82) is 0 Å². The molecule has 30 heavy (non-hydrogen) atoms. The Morgan fingerprint density at radius 1 is 1.30 bits per heavy atom. The molecule has 4 heterocycles. The summed E-state index contributed by atoms with van der Waals surface area (Å²) in [4.78, 5) is 21.5. The lowest BCUT2D eigenvalue weighted by Crippen LogP contribution is -2.72. The van der Waals surface area contributed by atoms with Crippen LogP contribution in [0.2, 0.25) is 0 Å². The monoisotopic (exact) mass is 413 g/mol. The normalized spacial score (nSPS) is 21.0. The molecule has 1 atom stereocenters. The third kappa shape index (κ3) is 4.55. The van der Waals surface area contributed by atoms with Crippen LogP contribution in [0.5, 0.6) is 0 Å². The SMILES string of the molecule is COCCn1ccc(C(=O)N2CC3(CC(COCc4ccccn4)CCN3C)C2)n1. The lowest BCUT2D eigenvalue weighted by Gasteiger charge is -2.58. The number of rotatable bonds is 8. The smallest absolute Gasteiger partial charge is 0.274 e. The van der Waals surface area contributed by atoms with Gasteiger partial charge < -0.3 is 14.4 Å². The fourth-order valence-corrected chi connectivity index (χ4v) is 4.49. The van der Waals surface area contributed by atoms with Gasteiger partial charge in [-0.3, -0.25) is 19.4 Å². The quantitative estimate of drug-likeness (QED) is 0.656. The highest BCUT2D eigenvalue weighted by atomic mass is 16.5. The Kier molecular flexibility index (Phi) is 6.46. The van der Waals surface area contributed by atoms with E-state index in [0.717, 1.165) is 44.8 Å². The first-order valence-electron chi connectivity index (χ1n) is 10.6. The number of pyridine rings is 1. The standard InChI is InChI=1S/C22H31N5O3/c1-25-9-6-18(14-30-15-19-5-3-4-8-23-19)13-22(25)16-26(17-22)21(28)20-7-10-27(24-20)11-12-29-2/h3-5,7-8,10,18H,6,9,11-17H2,1-2H3. The second-order valence-corrected chi connectivity index (χ2v) is 8.46. The van der Waals surface area contributed by atoms with Gasteiger partial charge in [0.05, 0.1) is 37.6 Å². The summed E-state index contributed by atoms with van der Waals surface area (Å²) in [6.45, 7) is 5.06. The zero-order chi connectivity index (χ0) is 21.0. The number of likely N-dealkylation sites (tertiary alicyclic amines) is 2. The van der Waals surface area contributed by atoms with E-state index in [-0.39, 0.29) is 11.4 Å². The average Bonchev–Trinajstić information content (AvgIpc) is 3.21. The van der Waals surface area contributed by atoms with Gasteiger partial charge in [0.2, 0.25) is 0 Å². The lowest BCUT2D eigenvalue weighted by atomic mass is 9.75. The van der Waals surface area contributed by atoms with Crippen LogP contribution in [-0.2, 0) is 22.6 Å². The van der Waals surface area contributed by atoms with Crippen molar-refractivity contribution >= 4 is 5.91 Å². The Bertz CT molecular complexity index is 834. The number of amides is 1. The fourth-order valence-electron chi connectivity index (χ4n) is 4.49. The van der Waals surface area contributed by atoms with E-state index >= 15 is 0 Å². The first-order valence-corrected chi connectivity index (χ1v) is 10.6. The molecular formula is C22H31N5O3. The summed E-state index contributed by atoms with van der Waals surface area (Å²) < 4.78 is 12.8. The Morgan fingerprint density at radius 3 is 2.93 bits per heavy atom. The molecule has 2 aliphatic heterocycles. The van der Waals surface area contributed by atoms with E-state index in [0.29, 0.717) is 31.4 Å². The first kappa shape index (κ1) is 21.0. The van der Waals surface area contributed by atoms with E-state index in [1.807, 2.05) is 29.3 Å². The Balaban J connectivity index is 1.28. The molecule has 2 aromatic heterocycles. The number of methoxy groups -OCH3 is 1. The van der Waals surface area contributed by atoms with Crippen LogP contribution in [0.15, 0.2) is 36.7 Å². The van der Waals surface area contributed by atoms with Crippen molar-refractivity contribution in [3.63, 3.8) is 0 Å². The van der Waals surface area contributed by atoms with Gasteiger partial charge in [0.1, 0.15) is 5.69 Å². The average molecular weight is 414 g/mol. The van der Waals surface area contributed by atoms with Crippen molar-refractivity contribution in [1.82, 2.24) is 24.6 Å². The van der Waals surface area contributed by atoms with Crippen LogP contribution in [0.4, 0.5) is 0 Å². The van der Waals surface area contributed by atoms with Crippen LogP contribution in [0.25, 0.3) is 0 Å². The molecule has 8 nitrogen and oxygen atoms in total. The third-order valence-electron chi connectivity index (χ3n) is 6.32. The minimum Gasteiger partial charge on any atom is -0.383 e. The van der Waals surface area contributed by atoms with Gasteiger partial charge in [-0.25, -0.2) is 0 Å². The molecule has 0 saturated carbocycles. The molecular weight excluding hydrogens is 382 g/mol. The molecule has 0 radical (unpaired) electrons. The molecule has 0 aliphatic carbocycles. The minimum absolute atomic E-state index is 0.0127. The molecule has 2 fully saturated rings. The lowest BCUT2D eigenvalue weighted by molar-refractivity contribution is -0.0771. The molecule has 2 aromatic rings. The van der Waals surface area contributed by atoms with Crippen LogP contribution in [0, 0.1) is 5.92 Å². The maximum absolute atomic E-state index is 12.8. The molecule has 0 N–H and O–H groups in total. The predicted octanol–water partition coefficient (Wildman–Crippen LogP) is 1.68. The van der Waals surface area contributed by atoms with Gasteiger partial charge in [-0.15, -0.1) is 0 Å². The van der Waals surface area contributed by atoms with Gasteiger partial charge in [0.15, 0.2) is 0 Å². The number of hydrogen-bond acceptors (Lipinski definition) is 6. The van der Waals surface area contributed by atoms with Gasteiger partial charge in [-0.2, -0.15) is 5.10 Å². The van der Waals surface area contributed by atoms with Gasteiger partial charge in [0.25, 0.3) is 5.91 Å². The van der Waals surface area contributed by atoms with E-state index in [4.69, 9.17) is 9.47 Å². The maximum Gasteiger partial charge on any atom is 0.274 e. The molecule has 0 aromatic carbocycles. The van der Waals surface area contributed by atoms with Crippen molar-refractivity contribution in [3.8, 4) is 0 Å². The Morgan fingerprint density at radius 2 is 2.17 bits per heavy atom. The molecule has 8 heteroatoms. The summed E-state index contributed by atoms with van der Waals surface area (Å²) in [6, 6.07) is 7.68. The number of piperidine rings is 1. The summed E-state index contributed by atoms with van der Waals surface area (Å²) >= 11 is 0. The number of hydrogen-bond donors (Lipinski definition) is 0. The van der Waals surface area contributed by atoms with Crippen LogP contribution in [0.1, 0.15) is 29.0 Å². The predicted molar refractivity (Wildman–Crippen MR) is 112 cm³/mol. The maximum atomic E-state index is 12.8. The zero-order valence-electron chi connectivity index (χ0n) is 17.9. The van der Waals surface area contributed by atoms with Crippen LogP contribution in [-0.4, -0.2) is 83.0 Å². The summed E-state index contributed by atoms with van der Waals surface area (Å²) in [5.74, 6) is 0.522. The molecule has 2 aliphatic rings. The molecule has 1 amide bonds. The van der Waals surface area contributed by atoms with Gasteiger partial charge >= 0.3 is 0 Å². The fraction of sp³-hybridized carbons (Fsp3) is 0.591. The van der Waals surface area contributed by atoms with Crippen LogP contribution in [0.3, 0.4) is 0 Å². The molecule has 162 valence electrons. The Hall–Kier alpha value is -2.29. The highest BCUT2D eigenvalue weighted by Crippen LogP contribution is 2.38. The number of ether oxygens (including phenoxy) is 2. The molecule has 2 saturated heterocycles. The molecule has 1 unspecified atom stereocenters. The number of carbonyl (C=O) groups is 1. The second-order valence-electron chi connectivity index (χ2n) is 8.46. The number of nitrogens with zero attached hydrogens (tertiary/aromatic N) is 5. The molecule has 1 spiro atoms. The first-order chi connectivity index (χ1) is 14.6. The summed E-state index contributed by atoms with van der Waals surface area (Å²) in [7, 11) is 3.83.